The lowest BCUT2D eigenvalue weighted by molar-refractivity contribution is 0.251. The highest BCUT2D eigenvalue weighted by Gasteiger charge is 2.36. The van der Waals surface area contributed by atoms with Crippen molar-refractivity contribution >= 4 is 17.2 Å². The maximum absolute atomic E-state index is 5.53. The van der Waals surface area contributed by atoms with Gasteiger partial charge in [0.25, 0.3) is 0 Å². The molecule has 2 heteroatoms. The molecule has 1 aliphatic heterocycles. The molecule has 2 aliphatic rings. The van der Waals surface area contributed by atoms with Crippen LogP contribution in [0.25, 0.3) is 0 Å². The molecule has 1 heterocycles. The van der Waals surface area contributed by atoms with Gasteiger partial charge in [0.2, 0.25) is 0 Å². The standard InChI is InChI=1S/C12H21NS/c1-9(2)12(14)13-8-7-10-5-3-4-6-11(10)13/h9-11H,3-8H2,1-2H3. The summed E-state index contributed by atoms with van der Waals surface area (Å²) < 4.78 is 0. The number of hydrogen-bond donors (Lipinski definition) is 0. The molecule has 2 fully saturated rings. The zero-order chi connectivity index (χ0) is 10.1. The van der Waals surface area contributed by atoms with E-state index in [4.69, 9.17) is 12.2 Å². The maximum atomic E-state index is 5.53. The lowest BCUT2D eigenvalue weighted by atomic mass is 9.85. The van der Waals surface area contributed by atoms with Gasteiger partial charge >= 0.3 is 0 Å². The summed E-state index contributed by atoms with van der Waals surface area (Å²) in [6, 6.07) is 0.804. The minimum Gasteiger partial charge on any atom is -0.363 e. The molecule has 1 saturated heterocycles. The molecule has 0 aromatic heterocycles. The summed E-state index contributed by atoms with van der Waals surface area (Å²) in [4.78, 5) is 3.74. The molecule has 2 atom stereocenters. The van der Waals surface area contributed by atoms with E-state index in [1.54, 1.807) is 0 Å². The molecule has 0 aromatic rings. The van der Waals surface area contributed by atoms with Crippen LogP contribution in [0.1, 0.15) is 46.0 Å². The molecule has 0 radical (unpaired) electrons. The Morgan fingerprint density at radius 2 is 1.93 bits per heavy atom. The number of rotatable bonds is 1. The predicted molar refractivity (Wildman–Crippen MR) is 64.5 cm³/mol. The minimum atomic E-state index is 0.547. The van der Waals surface area contributed by atoms with Gasteiger partial charge in [-0.15, -0.1) is 0 Å². The Morgan fingerprint density at radius 1 is 1.21 bits per heavy atom. The van der Waals surface area contributed by atoms with Crippen LogP contribution in [-0.2, 0) is 0 Å². The maximum Gasteiger partial charge on any atom is 0.0807 e. The van der Waals surface area contributed by atoms with Gasteiger partial charge in [0.15, 0.2) is 0 Å². The fraction of sp³-hybridized carbons (Fsp3) is 0.917. The van der Waals surface area contributed by atoms with Gasteiger partial charge in [-0.25, -0.2) is 0 Å². The van der Waals surface area contributed by atoms with Gasteiger partial charge in [-0.05, 0) is 25.2 Å². The fourth-order valence-corrected chi connectivity index (χ4v) is 3.24. The first-order chi connectivity index (χ1) is 6.70. The molecule has 80 valence electrons. The van der Waals surface area contributed by atoms with Gasteiger partial charge < -0.3 is 4.90 Å². The van der Waals surface area contributed by atoms with Crippen LogP contribution in [0.5, 0.6) is 0 Å². The summed E-state index contributed by atoms with van der Waals surface area (Å²) in [6.07, 6.45) is 7.08. The molecule has 1 aliphatic carbocycles. The SMILES string of the molecule is CC(C)C(=S)N1CCC2CCCCC21. The van der Waals surface area contributed by atoms with E-state index in [2.05, 4.69) is 18.7 Å². The lowest BCUT2D eigenvalue weighted by Crippen LogP contribution is -2.40. The van der Waals surface area contributed by atoms with Crippen molar-refractivity contribution in [1.82, 2.24) is 4.90 Å². The van der Waals surface area contributed by atoms with Crippen molar-refractivity contribution in [2.24, 2.45) is 11.8 Å². The van der Waals surface area contributed by atoms with Gasteiger partial charge in [0.1, 0.15) is 0 Å². The van der Waals surface area contributed by atoms with Crippen molar-refractivity contribution < 1.29 is 0 Å². The van der Waals surface area contributed by atoms with Crippen LogP contribution in [0.15, 0.2) is 0 Å². The monoisotopic (exact) mass is 211 g/mol. The Bertz CT molecular complexity index is 224. The highest BCUT2D eigenvalue weighted by molar-refractivity contribution is 7.80. The molecule has 0 bridgehead atoms. The third kappa shape index (κ3) is 1.81. The van der Waals surface area contributed by atoms with Gasteiger partial charge in [-0.2, -0.15) is 0 Å². The molecule has 2 unspecified atom stereocenters. The van der Waals surface area contributed by atoms with Crippen molar-refractivity contribution in [3.05, 3.63) is 0 Å². The first kappa shape index (κ1) is 10.4. The second kappa shape index (κ2) is 4.18. The van der Waals surface area contributed by atoms with Crippen molar-refractivity contribution in [3.8, 4) is 0 Å². The van der Waals surface area contributed by atoms with Crippen LogP contribution in [0.3, 0.4) is 0 Å². The van der Waals surface area contributed by atoms with Crippen LogP contribution < -0.4 is 0 Å². The average Bonchev–Trinajstić information content (AvgIpc) is 2.60. The summed E-state index contributed by atoms with van der Waals surface area (Å²) in [6.45, 7) is 5.67. The second-order valence-corrected chi connectivity index (χ2v) is 5.51. The zero-order valence-corrected chi connectivity index (χ0v) is 10.1. The van der Waals surface area contributed by atoms with E-state index in [1.807, 2.05) is 0 Å². The van der Waals surface area contributed by atoms with Crippen LogP contribution >= 0.6 is 12.2 Å². The van der Waals surface area contributed by atoms with Crippen LogP contribution in [-0.4, -0.2) is 22.5 Å². The lowest BCUT2D eigenvalue weighted by Gasteiger charge is -2.34. The molecular formula is C12H21NS. The van der Waals surface area contributed by atoms with Gasteiger partial charge in [-0.3, -0.25) is 0 Å². The number of hydrogen-bond acceptors (Lipinski definition) is 1. The van der Waals surface area contributed by atoms with Crippen molar-refractivity contribution in [2.45, 2.75) is 52.0 Å². The molecule has 0 N–H and O–H groups in total. The largest absolute Gasteiger partial charge is 0.363 e. The highest BCUT2D eigenvalue weighted by atomic mass is 32.1. The first-order valence-corrected chi connectivity index (χ1v) is 6.41. The summed E-state index contributed by atoms with van der Waals surface area (Å²) in [5, 5.41) is 0. The smallest absolute Gasteiger partial charge is 0.0807 e. The van der Waals surface area contributed by atoms with Crippen LogP contribution in [0.2, 0.25) is 0 Å². The molecule has 14 heavy (non-hydrogen) atoms. The highest BCUT2D eigenvalue weighted by Crippen LogP contribution is 2.36. The third-order valence-electron chi connectivity index (χ3n) is 3.79. The van der Waals surface area contributed by atoms with Crippen molar-refractivity contribution in [2.75, 3.05) is 6.54 Å². The van der Waals surface area contributed by atoms with Gasteiger partial charge in [-0.1, -0.05) is 38.9 Å². The van der Waals surface area contributed by atoms with Crippen LogP contribution in [0, 0.1) is 11.8 Å². The van der Waals surface area contributed by atoms with Crippen molar-refractivity contribution in [1.29, 1.82) is 0 Å². The Labute approximate surface area is 92.9 Å². The normalized spacial score (nSPS) is 32.1. The van der Waals surface area contributed by atoms with Gasteiger partial charge in [0, 0.05) is 18.5 Å². The number of fused-ring (bicyclic) bond motifs is 1. The summed E-state index contributed by atoms with van der Waals surface area (Å²) in [5.41, 5.74) is 0. The quantitative estimate of drug-likeness (QED) is 0.613. The summed E-state index contributed by atoms with van der Waals surface area (Å²) >= 11 is 5.53. The van der Waals surface area contributed by atoms with Gasteiger partial charge in [0.05, 0.1) is 4.99 Å². The van der Waals surface area contributed by atoms with E-state index >= 15 is 0 Å². The number of thiocarbonyl (C=S) groups is 1. The average molecular weight is 211 g/mol. The Morgan fingerprint density at radius 3 is 2.64 bits per heavy atom. The molecule has 0 amide bonds. The topological polar surface area (TPSA) is 3.24 Å². The number of likely N-dealkylation sites (tertiary alicyclic amines) is 1. The van der Waals surface area contributed by atoms with Crippen LogP contribution in [0.4, 0.5) is 0 Å². The van der Waals surface area contributed by atoms with E-state index in [0.29, 0.717) is 5.92 Å². The fourth-order valence-electron chi connectivity index (χ4n) is 3.01. The predicted octanol–water partition coefficient (Wildman–Crippen LogP) is 3.23. The molecule has 0 aromatic carbocycles. The molecule has 1 nitrogen and oxygen atoms in total. The minimum absolute atomic E-state index is 0.547. The van der Waals surface area contributed by atoms with E-state index in [0.717, 1.165) is 12.0 Å². The molecule has 2 rings (SSSR count). The molecular weight excluding hydrogens is 190 g/mol. The second-order valence-electron chi connectivity index (χ2n) is 5.09. The Balaban J connectivity index is 2.03. The summed E-state index contributed by atoms with van der Waals surface area (Å²) in [5.74, 6) is 1.51. The Kier molecular flexibility index (Phi) is 3.10. The Hall–Kier alpha value is -0.110. The first-order valence-electron chi connectivity index (χ1n) is 6.00. The van der Waals surface area contributed by atoms with E-state index in [9.17, 15) is 0 Å². The molecule has 0 spiro atoms. The molecule has 1 saturated carbocycles. The van der Waals surface area contributed by atoms with E-state index in [1.165, 1.54) is 43.6 Å². The van der Waals surface area contributed by atoms with E-state index < -0.39 is 0 Å². The van der Waals surface area contributed by atoms with E-state index in [-0.39, 0.29) is 0 Å². The van der Waals surface area contributed by atoms with Crippen molar-refractivity contribution in [3.63, 3.8) is 0 Å². The number of nitrogens with zero attached hydrogens (tertiary/aromatic N) is 1. The zero-order valence-electron chi connectivity index (χ0n) is 9.33. The third-order valence-corrected chi connectivity index (χ3v) is 4.49. The summed E-state index contributed by atoms with van der Waals surface area (Å²) in [7, 11) is 0.